The lowest BCUT2D eigenvalue weighted by molar-refractivity contribution is 0.154. The van der Waals surface area contributed by atoms with E-state index >= 15 is 0 Å². The Hall–Kier alpha value is -3.00. The first kappa shape index (κ1) is 18.4. The molecule has 1 aliphatic heterocycles. The second kappa shape index (κ2) is 8.35. The smallest absolute Gasteiger partial charge is 0.228 e. The third kappa shape index (κ3) is 4.45. The number of aliphatic hydroxyl groups is 1. The summed E-state index contributed by atoms with van der Waals surface area (Å²) >= 11 is 0. The lowest BCUT2D eigenvalue weighted by Crippen LogP contribution is -2.38. The Kier molecular flexibility index (Phi) is 5.48. The van der Waals surface area contributed by atoms with Crippen LogP contribution in [0.4, 0.5) is 11.8 Å². The molecule has 4 rings (SSSR count). The average Bonchev–Trinajstić information content (AvgIpc) is 3.18. The largest absolute Gasteiger partial charge is 0.391 e. The fourth-order valence-corrected chi connectivity index (χ4v) is 3.23. The Morgan fingerprint density at radius 3 is 2.89 bits per heavy atom. The highest BCUT2D eigenvalue weighted by Crippen LogP contribution is 2.19. The van der Waals surface area contributed by atoms with E-state index in [-0.39, 0.29) is 6.10 Å². The number of nitrogens with zero attached hydrogens (tertiary/aromatic N) is 5. The summed E-state index contributed by atoms with van der Waals surface area (Å²) in [6.45, 7) is 4.14. The normalized spacial score (nSPS) is 16.9. The first-order valence-corrected chi connectivity index (χ1v) is 9.57. The molecular formula is C20H24N6O2. The van der Waals surface area contributed by atoms with Gasteiger partial charge in [-0.05, 0) is 25.8 Å². The fraction of sp³-hybridized carbons (Fsp3) is 0.400. The molecule has 0 aliphatic carbocycles. The van der Waals surface area contributed by atoms with Crippen molar-refractivity contribution in [1.29, 1.82) is 0 Å². The minimum Gasteiger partial charge on any atom is -0.391 e. The molecule has 3 aromatic rings. The predicted octanol–water partition coefficient (Wildman–Crippen LogP) is 2.45. The highest BCUT2D eigenvalue weighted by Gasteiger charge is 2.19. The van der Waals surface area contributed by atoms with Gasteiger partial charge in [-0.25, -0.2) is 4.98 Å². The van der Waals surface area contributed by atoms with E-state index < -0.39 is 0 Å². The molecule has 1 atom stereocenters. The number of anilines is 2. The molecule has 8 heteroatoms. The molecule has 3 heterocycles. The maximum atomic E-state index is 9.85. The summed E-state index contributed by atoms with van der Waals surface area (Å²) in [5.74, 6) is 2.54. The van der Waals surface area contributed by atoms with E-state index in [4.69, 9.17) is 4.52 Å². The number of benzene rings is 1. The van der Waals surface area contributed by atoms with Gasteiger partial charge in [-0.3, -0.25) is 0 Å². The molecule has 8 nitrogen and oxygen atoms in total. The second-order valence-electron chi connectivity index (χ2n) is 7.04. The second-order valence-corrected chi connectivity index (χ2v) is 7.04. The van der Waals surface area contributed by atoms with Gasteiger partial charge >= 0.3 is 0 Å². The topological polar surface area (TPSA) is 100 Å². The van der Waals surface area contributed by atoms with E-state index in [0.29, 0.717) is 37.2 Å². The molecule has 1 unspecified atom stereocenters. The third-order valence-corrected chi connectivity index (χ3v) is 4.76. The molecule has 2 N–H and O–H groups in total. The van der Waals surface area contributed by atoms with Gasteiger partial charge in [0.1, 0.15) is 5.82 Å². The molecule has 146 valence electrons. The fourth-order valence-electron chi connectivity index (χ4n) is 3.23. The van der Waals surface area contributed by atoms with E-state index in [1.165, 1.54) is 5.56 Å². The predicted molar refractivity (Wildman–Crippen MR) is 106 cm³/mol. The summed E-state index contributed by atoms with van der Waals surface area (Å²) in [5.41, 5.74) is 2.13. The van der Waals surface area contributed by atoms with Crippen LogP contribution < -0.4 is 10.2 Å². The summed E-state index contributed by atoms with van der Waals surface area (Å²) in [7, 11) is 0. The third-order valence-electron chi connectivity index (χ3n) is 4.76. The number of piperidine rings is 1. The van der Waals surface area contributed by atoms with Gasteiger partial charge in [0.25, 0.3) is 0 Å². The molecule has 1 saturated heterocycles. The maximum absolute atomic E-state index is 9.85. The molecule has 1 aliphatic rings. The Bertz CT molecular complexity index is 911. The van der Waals surface area contributed by atoms with Gasteiger partial charge in [0.05, 0.1) is 6.10 Å². The Labute approximate surface area is 163 Å². The zero-order valence-electron chi connectivity index (χ0n) is 15.9. The Balaban J connectivity index is 1.33. The monoisotopic (exact) mass is 380 g/mol. The van der Waals surface area contributed by atoms with Crippen LogP contribution in [0.2, 0.25) is 0 Å². The molecule has 0 amide bonds. The van der Waals surface area contributed by atoms with E-state index in [9.17, 15) is 5.11 Å². The lowest BCUT2D eigenvalue weighted by Gasteiger charge is -2.31. The van der Waals surface area contributed by atoms with Crippen LogP contribution in [0.5, 0.6) is 0 Å². The van der Waals surface area contributed by atoms with Crippen molar-refractivity contribution in [2.75, 3.05) is 29.9 Å². The number of hydrogen-bond acceptors (Lipinski definition) is 8. The summed E-state index contributed by atoms with van der Waals surface area (Å²) in [4.78, 5) is 15.4. The number of aliphatic hydroxyl groups excluding tert-OH is 1. The first-order valence-electron chi connectivity index (χ1n) is 9.57. The van der Waals surface area contributed by atoms with E-state index in [1.807, 2.05) is 37.3 Å². The summed E-state index contributed by atoms with van der Waals surface area (Å²) < 4.78 is 5.34. The van der Waals surface area contributed by atoms with Crippen molar-refractivity contribution in [3.8, 4) is 11.4 Å². The van der Waals surface area contributed by atoms with Crippen LogP contribution in [0.25, 0.3) is 11.4 Å². The highest BCUT2D eigenvalue weighted by molar-refractivity contribution is 5.54. The standard InChI is InChI=1S/C20H24N6O2/c1-14-4-6-15(7-5-14)19-24-18(28-25-19)9-11-22-20-21-10-8-17(23-20)26-12-2-3-16(27)13-26/h4-8,10,16,27H,2-3,9,11-13H2,1H3,(H,21,22,23). The number of hydrogen-bond donors (Lipinski definition) is 2. The summed E-state index contributed by atoms with van der Waals surface area (Å²) in [5, 5.41) is 17.1. The van der Waals surface area contributed by atoms with Crippen LogP contribution in [0.1, 0.15) is 24.3 Å². The molecular weight excluding hydrogens is 356 g/mol. The van der Waals surface area contributed by atoms with Crippen molar-refractivity contribution < 1.29 is 9.63 Å². The molecule has 0 bridgehead atoms. The first-order chi connectivity index (χ1) is 13.7. The lowest BCUT2D eigenvalue weighted by atomic mass is 10.1. The van der Waals surface area contributed by atoms with Gasteiger partial charge < -0.3 is 19.8 Å². The molecule has 28 heavy (non-hydrogen) atoms. The van der Waals surface area contributed by atoms with Crippen LogP contribution in [0.3, 0.4) is 0 Å². The van der Waals surface area contributed by atoms with Gasteiger partial charge in [0.15, 0.2) is 0 Å². The van der Waals surface area contributed by atoms with Crippen LogP contribution in [0.15, 0.2) is 41.1 Å². The number of rotatable bonds is 6. The molecule has 0 spiro atoms. The zero-order chi connectivity index (χ0) is 19.3. The quantitative estimate of drug-likeness (QED) is 0.673. The number of aromatic nitrogens is 4. The molecule has 1 fully saturated rings. The SMILES string of the molecule is Cc1ccc(-c2noc(CCNc3nccc(N4CCCC(O)C4)n3)n2)cc1. The van der Waals surface area contributed by atoms with Gasteiger partial charge in [0, 0.05) is 37.8 Å². The highest BCUT2D eigenvalue weighted by atomic mass is 16.5. The average molecular weight is 380 g/mol. The molecule has 2 aromatic heterocycles. The van der Waals surface area contributed by atoms with Gasteiger partial charge in [-0.1, -0.05) is 35.0 Å². The van der Waals surface area contributed by atoms with Gasteiger partial charge in [0.2, 0.25) is 17.7 Å². The molecule has 0 radical (unpaired) electrons. The van der Waals surface area contributed by atoms with E-state index in [0.717, 1.165) is 30.8 Å². The summed E-state index contributed by atoms with van der Waals surface area (Å²) in [6.07, 6.45) is 3.83. The minimum atomic E-state index is -0.291. The summed E-state index contributed by atoms with van der Waals surface area (Å²) in [6, 6.07) is 9.89. The van der Waals surface area contributed by atoms with Crippen molar-refractivity contribution >= 4 is 11.8 Å². The van der Waals surface area contributed by atoms with Gasteiger partial charge in [-0.2, -0.15) is 9.97 Å². The van der Waals surface area contributed by atoms with E-state index in [2.05, 4.69) is 30.3 Å². The number of aryl methyl sites for hydroxylation is 1. The number of β-amino-alcohol motifs (C(OH)–C–C–N with tert-alkyl or cyclic N) is 1. The van der Waals surface area contributed by atoms with Crippen LogP contribution in [-0.2, 0) is 6.42 Å². The molecule has 1 aromatic carbocycles. The van der Waals surface area contributed by atoms with E-state index in [1.54, 1.807) is 6.20 Å². The van der Waals surface area contributed by atoms with Crippen molar-refractivity contribution in [2.45, 2.75) is 32.3 Å². The maximum Gasteiger partial charge on any atom is 0.228 e. The van der Waals surface area contributed by atoms with Crippen molar-refractivity contribution in [3.63, 3.8) is 0 Å². The van der Waals surface area contributed by atoms with Crippen molar-refractivity contribution in [1.82, 2.24) is 20.1 Å². The Morgan fingerprint density at radius 2 is 2.07 bits per heavy atom. The van der Waals surface area contributed by atoms with Crippen LogP contribution in [0, 0.1) is 6.92 Å². The zero-order valence-corrected chi connectivity index (χ0v) is 15.9. The van der Waals surface area contributed by atoms with Crippen molar-refractivity contribution in [2.24, 2.45) is 0 Å². The van der Waals surface area contributed by atoms with Crippen molar-refractivity contribution in [3.05, 3.63) is 48.0 Å². The van der Waals surface area contributed by atoms with Gasteiger partial charge in [-0.15, -0.1) is 0 Å². The number of nitrogens with one attached hydrogen (secondary N) is 1. The van der Waals surface area contributed by atoms with Crippen LogP contribution >= 0.6 is 0 Å². The molecule has 0 saturated carbocycles. The Morgan fingerprint density at radius 1 is 1.21 bits per heavy atom. The van der Waals surface area contributed by atoms with Crippen LogP contribution in [-0.4, -0.2) is 51.0 Å². The minimum absolute atomic E-state index is 0.291.